The molecule has 0 N–H and O–H groups in total. The maximum Gasteiger partial charge on any atom is 0.161 e. The Hall–Kier alpha value is -1.03. The molecule has 0 fully saturated rings. The summed E-state index contributed by atoms with van der Waals surface area (Å²) in [7, 11) is 0. The molecular formula is C10H6BrF2N. The maximum atomic E-state index is 12.9. The van der Waals surface area contributed by atoms with Gasteiger partial charge in [0.15, 0.2) is 11.6 Å². The number of hydrogen-bond donors (Lipinski definition) is 0. The van der Waals surface area contributed by atoms with Crippen LogP contribution in [0.1, 0.15) is 5.56 Å². The second-order valence-electron chi connectivity index (χ2n) is 3.05. The van der Waals surface area contributed by atoms with Crippen LogP contribution in [0.3, 0.4) is 0 Å². The third-order valence-electron chi connectivity index (χ3n) is 2.03. The fourth-order valence-corrected chi connectivity index (χ4v) is 1.88. The molecule has 0 saturated heterocycles. The molecule has 0 aliphatic rings. The van der Waals surface area contributed by atoms with Gasteiger partial charge in [-0.2, -0.15) is 0 Å². The van der Waals surface area contributed by atoms with Crippen LogP contribution in [0.15, 0.2) is 22.8 Å². The first kappa shape index (κ1) is 9.52. The highest BCUT2D eigenvalue weighted by Crippen LogP contribution is 2.22. The summed E-state index contributed by atoms with van der Waals surface area (Å²) in [5.41, 5.74) is 1.32. The van der Waals surface area contributed by atoms with Gasteiger partial charge in [-0.25, -0.2) is 13.8 Å². The zero-order valence-corrected chi connectivity index (χ0v) is 8.90. The van der Waals surface area contributed by atoms with Crippen LogP contribution in [0.25, 0.3) is 10.9 Å². The molecule has 0 spiro atoms. The molecule has 0 atom stereocenters. The Labute approximate surface area is 87.9 Å². The predicted molar refractivity (Wildman–Crippen MR) is 54.1 cm³/mol. The normalized spacial score (nSPS) is 10.9. The second-order valence-corrected chi connectivity index (χ2v) is 3.86. The van der Waals surface area contributed by atoms with Crippen molar-refractivity contribution in [2.24, 2.45) is 0 Å². The first-order valence-corrected chi connectivity index (χ1v) is 4.79. The van der Waals surface area contributed by atoms with E-state index in [1.807, 2.05) is 6.92 Å². The average molecular weight is 258 g/mol. The van der Waals surface area contributed by atoms with Crippen LogP contribution in [0.4, 0.5) is 8.78 Å². The minimum Gasteiger partial charge on any atom is -0.241 e. The Bertz CT molecular complexity index is 511. The Morgan fingerprint density at radius 1 is 1.14 bits per heavy atom. The molecule has 1 aromatic heterocycles. The number of nitrogens with zero attached hydrogens (tertiary/aromatic N) is 1. The van der Waals surface area contributed by atoms with Gasteiger partial charge in [-0.15, -0.1) is 0 Å². The van der Waals surface area contributed by atoms with Crippen molar-refractivity contribution in [3.63, 3.8) is 0 Å². The fraction of sp³-hybridized carbons (Fsp3) is 0.100. The van der Waals surface area contributed by atoms with Crippen molar-refractivity contribution in [3.05, 3.63) is 40.0 Å². The topological polar surface area (TPSA) is 12.9 Å². The smallest absolute Gasteiger partial charge is 0.161 e. The van der Waals surface area contributed by atoms with Crippen LogP contribution in [-0.4, -0.2) is 4.98 Å². The number of pyridine rings is 1. The Balaban J connectivity index is 2.89. The van der Waals surface area contributed by atoms with Crippen LogP contribution in [0.5, 0.6) is 0 Å². The Morgan fingerprint density at radius 3 is 2.50 bits per heavy atom. The highest BCUT2D eigenvalue weighted by molar-refractivity contribution is 9.10. The van der Waals surface area contributed by atoms with Gasteiger partial charge in [-0.3, -0.25) is 0 Å². The number of aryl methyl sites for hydroxylation is 1. The summed E-state index contributed by atoms with van der Waals surface area (Å²) in [6.45, 7) is 1.83. The summed E-state index contributed by atoms with van der Waals surface area (Å²) in [4.78, 5) is 4.05. The zero-order chi connectivity index (χ0) is 10.3. The SMILES string of the molecule is Cc1cc(Br)nc2cc(F)c(F)cc12. The van der Waals surface area contributed by atoms with Gasteiger partial charge in [0, 0.05) is 11.5 Å². The summed E-state index contributed by atoms with van der Waals surface area (Å²) in [6.07, 6.45) is 0. The van der Waals surface area contributed by atoms with E-state index < -0.39 is 11.6 Å². The summed E-state index contributed by atoms with van der Waals surface area (Å²) in [5.74, 6) is -1.72. The van der Waals surface area contributed by atoms with Crippen molar-refractivity contribution in [1.82, 2.24) is 4.98 Å². The van der Waals surface area contributed by atoms with Crippen molar-refractivity contribution in [2.75, 3.05) is 0 Å². The van der Waals surface area contributed by atoms with Gasteiger partial charge in [-0.1, -0.05) is 0 Å². The van der Waals surface area contributed by atoms with Crippen LogP contribution in [-0.2, 0) is 0 Å². The fourth-order valence-electron chi connectivity index (χ4n) is 1.35. The van der Waals surface area contributed by atoms with Gasteiger partial charge in [0.2, 0.25) is 0 Å². The molecule has 0 saturated carbocycles. The molecule has 1 heterocycles. The lowest BCUT2D eigenvalue weighted by molar-refractivity contribution is 0.510. The van der Waals surface area contributed by atoms with Gasteiger partial charge in [0.05, 0.1) is 5.52 Å². The van der Waals surface area contributed by atoms with E-state index in [4.69, 9.17) is 0 Å². The maximum absolute atomic E-state index is 12.9. The number of rotatable bonds is 0. The standard InChI is InChI=1S/C10H6BrF2N/c1-5-2-10(11)14-9-4-8(13)7(12)3-6(5)9/h2-4H,1H3. The number of aromatic nitrogens is 1. The molecule has 72 valence electrons. The highest BCUT2D eigenvalue weighted by atomic mass is 79.9. The molecule has 14 heavy (non-hydrogen) atoms. The number of halogens is 3. The van der Waals surface area contributed by atoms with Crippen molar-refractivity contribution < 1.29 is 8.78 Å². The van der Waals surface area contributed by atoms with E-state index in [-0.39, 0.29) is 0 Å². The van der Waals surface area contributed by atoms with Crippen molar-refractivity contribution in [2.45, 2.75) is 6.92 Å². The molecule has 0 unspecified atom stereocenters. The summed E-state index contributed by atoms with van der Waals surface area (Å²) < 4.78 is 26.4. The number of benzene rings is 1. The van der Waals surface area contributed by atoms with Crippen molar-refractivity contribution in [1.29, 1.82) is 0 Å². The minimum absolute atomic E-state index is 0.454. The van der Waals surface area contributed by atoms with Crippen LogP contribution in [0, 0.1) is 18.6 Å². The van der Waals surface area contributed by atoms with Gasteiger partial charge >= 0.3 is 0 Å². The lowest BCUT2D eigenvalue weighted by Gasteiger charge is -2.03. The minimum atomic E-state index is -0.873. The van der Waals surface area contributed by atoms with E-state index in [0.717, 1.165) is 11.6 Å². The molecule has 2 aromatic rings. The Morgan fingerprint density at radius 2 is 1.79 bits per heavy atom. The lowest BCUT2D eigenvalue weighted by Crippen LogP contribution is -1.89. The van der Waals surface area contributed by atoms with E-state index in [1.54, 1.807) is 6.07 Å². The Kier molecular flexibility index (Phi) is 2.23. The lowest BCUT2D eigenvalue weighted by atomic mass is 10.1. The molecule has 0 bridgehead atoms. The second kappa shape index (κ2) is 3.28. The van der Waals surface area contributed by atoms with E-state index >= 15 is 0 Å². The molecule has 0 aliphatic carbocycles. The summed E-state index contributed by atoms with van der Waals surface area (Å²) in [5, 5.41) is 0.632. The van der Waals surface area contributed by atoms with Gasteiger partial charge in [0.25, 0.3) is 0 Å². The van der Waals surface area contributed by atoms with Crippen molar-refractivity contribution in [3.8, 4) is 0 Å². The van der Waals surface area contributed by atoms with Crippen molar-refractivity contribution >= 4 is 26.8 Å². The molecule has 0 amide bonds. The third-order valence-corrected chi connectivity index (χ3v) is 2.43. The molecule has 1 nitrogen and oxygen atoms in total. The molecular weight excluding hydrogens is 252 g/mol. The largest absolute Gasteiger partial charge is 0.241 e. The molecule has 1 aromatic carbocycles. The summed E-state index contributed by atoms with van der Waals surface area (Å²) >= 11 is 3.20. The zero-order valence-electron chi connectivity index (χ0n) is 7.31. The van der Waals surface area contributed by atoms with Gasteiger partial charge < -0.3 is 0 Å². The van der Waals surface area contributed by atoms with E-state index in [0.29, 0.717) is 15.5 Å². The van der Waals surface area contributed by atoms with E-state index in [1.165, 1.54) is 6.07 Å². The molecule has 4 heteroatoms. The molecule has 0 aliphatic heterocycles. The van der Waals surface area contributed by atoms with E-state index in [2.05, 4.69) is 20.9 Å². The number of fused-ring (bicyclic) bond motifs is 1. The first-order chi connectivity index (χ1) is 6.58. The summed E-state index contributed by atoms with van der Waals surface area (Å²) in [6, 6.07) is 4.03. The molecule has 0 radical (unpaired) electrons. The predicted octanol–water partition coefficient (Wildman–Crippen LogP) is 3.58. The van der Waals surface area contributed by atoms with Crippen LogP contribution < -0.4 is 0 Å². The van der Waals surface area contributed by atoms with Gasteiger partial charge in [0.1, 0.15) is 4.60 Å². The monoisotopic (exact) mass is 257 g/mol. The molecule has 2 rings (SSSR count). The van der Waals surface area contributed by atoms with Gasteiger partial charge in [-0.05, 0) is 40.5 Å². The average Bonchev–Trinajstić information content (AvgIpc) is 2.08. The third kappa shape index (κ3) is 1.50. The first-order valence-electron chi connectivity index (χ1n) is 4.00. The van der Waals surface area contributed by atoms with Crippen LogP contribution in [0.2, 0.25) is 0 Å². The quantitative estimate of drug-likeness (QED) is 0.658. The highest BCUT2D eigenvalue weighted by Gasteiger charge is 2.07. The van der Waals surface area contributed by atoms with E-state index in [9.17, 15) is 8.78 Å². The van der Waals surface area contributed by atoms with Crippen LogP contribution >= 0.6 is 15.9 Å². The number of hydrogen-bond acceptors (Lipinski definition) is 1.